The van der Waals surface area contributed by atoms with Crippen molar-refractivity contribution in [1.29, 1.82) is 0 Å². The average molecular weight is 994 g/mol. The van der Waals surface area contributed by atoms with E-state index in [0.29, 0.717) is 48.1 Å². The molecule has 2 aliphatic heterocycles. The number of allylic oxidation sites excluding steroid dienone is 1. The summed E-state index contributed by atoms with van der Waals surface area (Å²) >= 11 is 0. The first-order valence-corrected chi connectivity index (χ1v) is 26.9. The standard InChI is InChI=1S/C58H79N3O11/c1-4-7-8-9-10-11-12-13-14-22-34-66-57(65)61(39-43-27-29-51-52(35-43)68-41-67-51)53-38-49(60-70-40-42-23-16-15-17-24-42)47-36-44(25-18-20-31-62)46(26-19-21-32-63)54-48-37-45(71-56(64)59-6-3)28-30-50(48)72-58(53,55(47)54)69-33-5-2/h5,15-17,23-24,27-30,35-37,44,46,53-55,62-63H,2,4,6-14,18-22,25-26,31-34,38-41H2,1,3H3,(H,59,64)/t44-,46+,53-,54+,55+,58+/m0/s1. The zero-order valence-corrected chi connectivity index (χ0v) is 42.7. The zero-order chi connectivity index (χ0) is 50.5. The van der Waals surface area contributed by atoms with Crippen molar-refractivity contribution in [2.45, 2.75) is 154 Å². The second-order valence-corrected chi connectivity index (χ2v) is 19.6. The highest BCUT2D eigenvalue weighted by Gasteiger charge is 2.66. The third kappa shape index (κ3) is 13.9. The molecule has 14 heteroatoms. The van der Waals surface area contributed by atoms with Gasteiger partial charge in [0.1, 0.15) is 24.1 Å². The number of aliphatic hydroxyl groups is 2. The summed E-state index contributed by atoms with van der Waals surface area (Å²) < 4.78 is 38.3. The Morgan fingerprint density at radius 3 is 2.29 bits per heavy atom. The minimum atomic E-state index is -1.53. The van der Waals surface area contributed by atoms with E-state index in [1.54, 1.807) is 17.0 Å². The first kappa shape index (κ1) is 54.2. The molecule has 0 saturated heterocycles. The number of rotatable bonds is 30. The zero-order valence-electron chi connectivity index (χ0n) is 42.7. The topological polar surface area (TPSA) is 167 Å². The maximum Gasteiger partial charge on any atom is 0.412 e. The normalized spacial score (nSPS) is 22.0. The molecule has 2 amide bonds. The first-order chi connectivity index (χ1) is 35.3. The van der Waals surface area contributed by atoms with Crippen molar-refractivity contribution in [1.82, 2.24) is 10.2 Å². The molecule has 0 bridgehead atoms. The highest BCUT2D eigenvalue weighted by atomic mass is 16.7. The smallest absolute Gasteiger partial charge is 0.412 e. The molecule has 7 rings (SSSR count). The van der Waals surface area contributed by atoms with Crippen LogP contribution in [-0.2, 0) is 27.5 Å². The molecule has 72 heavy (non-hydrogen) atoms. The van der Waals surface area contributed by atoms with Crippen molar-refractivity contribution < 1.29 is 53.1 Å². The van der Waals surface area contributed by atoms with E-state index in [9.17, 15) is 15.0 Å². The molecule has 1 saturated carbocycles. The van der Waals surface area contributed by atoms with Crippen LogP contribution in [0.5, 0.6) is 23.0 Å². The number of aliphatic hydroxyl groups excluding tert-OH is 2. The maximum atomic E-state index is 15.2. The monoisotopic (exact) mass is 994 g/mol. The van der Waals surface area contributed by atoms with Crippen LogP contribution < -0.4 is 24.3 Å². The number of hydrogen-bond donors (Lipinski definition) is 3. The molecule has 0 radical (unpaired) electrons. The fourth-order valence-corrected chi connectivity index (χ4v) is 11.1. The summed E-state index contributed by atoms with van der Waals surface area (Å²) in [5, 5.41) is 27.8. The van der Waals surface area contributed by atoms with Gasteiger partial charge >= 0.3 is 12.2 Å². The number of amides is 2. The molecule has 392 valence electrons. The summed E-state index contributed by atoms with van der Waals surface area (Å²) in [5.74, 6) is -0.343. The molecule has 14 nitrogen and oxygen atoms in total. The van der Waals surface area contributed by atoms with Gasteiger partial charge < -0.3 is 48.8 Å². The van der Waals surface area contributed by atoms with Crippen LogP contribution in [0.15, 0.2) is 96.2 Å². The minimum absolute atomic E-state index is 0.00847. The van der Waals surface area contributed by atoms with Crippen molar-refractivity contribution in [3.8, 4) is 23.0 Å². The van der Waals surface area contributed by atoms with E-state index in [2.05, 4.69) is 24.9 Å². The summed E-state index contributed by atoms with van der Waals surface area (Å²) in [6.07, 6.45) is 19.0. The lowest BCUT2D eigenvalue weighted by Gasteiger charge is -2.59. The van der Waals surface area contributed by atoms with Gasteiger partial charge in [-0.2, -0.15) is 0 Å². The molecule has 0 unspecified atom stereocenters. The van der Waals surface area contributed by atoms with E-state index < -0.39 is 29.9 Å². The number of benzene rings is 3. The van der Waals surface area contributed by atoms with Gasteiger partial charge in [-0.15, -0.1) is 6.58 Å². The number of hydrogen-bond acceptors (Lipinski definition) is 12. The quantitative estimate of drug-likeness (QED) is 0.0330. The van der Waals surface area contributed by atoms with E-state index in [4.69, 9.17) is 38.4 Å². The second-order valence-electron chi connectivity index (χ2n) is 19.6. The number of ether oxygens (including phenoxy) is 6. The molecule has 0 spiro atoms. The predicted octanol–water partition coefficient (Wildman–Crippen LogP) is 11.9. The largest absolute Gasteiger partial charge is 0.459 e. The Bertz CT molecular complexity index is 2250. The second kappa shape index (κ2) is 28.0. The van der Waals surface area contributed by atoms with E-state index in [1.165, 1.54) is 38.5 Å². The first-order valence-electron chi connectivity index (χ1n) is 26.9. The molecule has 6 atom stereocenters. The van der Waals surface area contributed by atoms with Gasteiger partial charge in [0.05, 0.1) is 24.8 Å². The maximum absolute atomic E-state index is 15.2. The van der Waals surface area contributed by atoms with E-state index >= 15 is 4.79 Å². The van der Waals surface area contributed by atoms with Gasteiger partial charge in [-0.1, -0.05) is 131 Å². The molecule has 2 heterocycles. The SMILES string of the molecule is C=CCO[C@@]12Oc3ccc(OC(=O)NCC)cc3[C@H]3[C@H](CCCCO)[C@@H](CCCCO)C=C(C(=NOCc4ccccc4)C[C@@H]1N(Cc1ccc4c(c1)OCO4)C(=O)OCCCCCCCCCCCC)[C@H]32. The Kier molecular flexibility index (Phi) is 21.1. The van der Waals surface area contributed by atoms with Gasteiger partial charge in [-0.3, -0.25) is 4.90 Å². The van der Waals surface area contributed by atoms with Crippen molar-refractivity contribution in [3.63, 3.8) is 0 Å². The molecule has 3 aromatic rings. The Balaban J connectivity index is 1.34. The van der Waals surface area contributed by atoms with Crippen LogP contribution in [0.3, 0.4) is 0 Å². The molecule has 1 fully saturated rings. The third-order valence-corrected chi connectivity index (χ3v) is 14.5. The van der Waals surface area contributed by atoms with Gasteiger partial charge in [0.2, 0.25) is 12.6 Å². The van der Waals surface area contributed by atoms with Gasteiger partial charge in [-0.25, -0.2) is 9.59 Å². The summed E-state index contributed by atoms with van der Waals surface area (Å²) in [6.45, 7) is 9.48. The van der Waals surface area contributed by atoms with Crippen LogP contribution in [-0.4, -0.2) is 84.6 Å². The number of nitrogens with one attached hydrogen (secondary N) is 1. The van der Waals surface area contributed by atoms with Crippen LogP contribution in [0.2, 0.25) is 0 Å². The van der Waals surface area contributed by atoms with E-state index in [-0.39, 0.29) is 70.5 Å². The lowest BCUT2D eigenvalue weighted by molar-refractivity contribution is -0.256. The number of unbranched alkanes of at least 4 members (excludes halogenated alkanes) is 11. The Labute approximate surface area is 427 Å². The number of carbonyl (C=O) groups is 2. The number of fused-ring (bicyclic) bond motifs is 3. The van der Waals surface area contributed by atoms with Gasteiger partial charge in [0.15, 0.2) is 11.5 Å². The summed E-state index contributed by atoms with van der Waals surface area (Å²) in [5.41, 5.74) is 4.13. The predicted molar refractivity (Wildman–Crippen MR) is 277 cm³/mol. The number of carbonyl (C=O) groups excluding carboxylic acids is 2. The number of nitrogens with zero attached hydrogens (tertiary/aromatic N) is 2. The van der Waals surface area contributed by atoms with Gasteiger partial charge in [0.25, 0.3) is 0 Å². The molecular weight excluding hydrogens is 915 g/mol. The van der Waals surface area contributed by atoms with Crippen LogP contribution in [0, 0.1) is 17.8 Å². The van der Waals surface area contributed by atoms with Crippen molar-refractivity contribution in [2.75, 3.05) is 39.8 Å². The molecular formula is C58H79N3O11. The van der Waals surface area contributed by atoms with Gasteiger partial charge in [-0.05, 0) is 97.9 Å². The van der Waals surface area contributed by atoms with Gasteiger partial charge in [0, 0.05) is 44.2 Å². The van der Waals surface area contributed by atoms with Crippen molar-refractivity contribution >= 4 is 17.9 Å². The minimum Gasteiger partial charge on any atom is -0.459 e. The lowest BCUT2D eigenvalue weighted by Crippen LogP contribution is -2.70. The summed E-state index contributed by atoms with van der Waals surface area (Å²) in [6, 6.07) is 20.2. The summed E-state index contributed by atoms with van der Waals surface area (Å²) in [7, 11) is 0. The Morgan fingerprint density at radius 1 is 0.833 bits per heavy atom. The van der Waals surface area contributed by atoms with Crippen LogP contribution >= 0.6 is 0 Å². The average Bonchev–Trinajstić information content (AvgIpc) is 3.86. The van der Waals surface area contributed by atoms with E-state index in [0.717, 1.165) is 73.6 Å². The highest BCUT2D eigenvalue weighted by Crippen LogP contribution is 2.62. The molecule has 2 aliphatic carbocycles. The van der Waals surface area contributed by atoms with Crippen LogP contribution in [0.1, 0.15) is 146 Å². The Hall–Kier alpha value is -5.57. The third-order valence-electron chi connectivity index (χ3n) is 14.5. The van der Waals surface area contributed by atoms with E-state index in [1.807, 2.05) is 67.6 Å². The molecule has 3 aromatic carbocycles. The fraction of sp³-hybridized carbons (Fsp3) is 0.569. The van der Waals surface area contributed by atoms with Crippen molar-refractivity contribution in [2.24, 2.45) is 22.9 Å². The summed E-state index contributed by atoms with van der Waals surface area (Å²) in [4.78, 5) is 36.2. The highest BCUT2D eigenvalue weighted by molar-refractivity contribution is 6.03. The van der Waals surface area contributed by atoms with Crippen LogP contribution in [0.25, 0.3) is 0 Å². The Morgan fingerprint density at radius 2 is 1.56 bits per heavy atom. The molecule has 4 aliphatic rings. The molecule has 0 aromatic heterocycles. The lowest BCUT2D eigenvalue weighted by atomic mass is 9.55. The fourth-order valence-electron chi connectivity index (χ4n) is 11.1. The van der Waals surface area contributed by atoms with Crippen LogP contribution in [0.4, 0.5) is 9.59 Å². The molecule has 3 N–H and O–H groups in total. The number of oxime groups is 1. The van der Waals surface area contributed by atoms with Crippen molar-refractivity contribution in [3.05, 3.63) is 108 Å².